The quantitative estimate of drug-likeness (QED) is 0.0366. The van der Waals surface area contributed by atoms with E-state index in [0.29, 0.717) is 12.8 Å². The van der Waals surface area contributed by atoms with E-state index in [4.69, 9.17) is 9.47 Å². The topological polar surface area (TPSA) is 169 Å². The number of hydrogen-bond acceptors (Lipinski definition) is 9. The normalized spacial score (nSPS) is 23.4. The molecule has 1 rings (SSSR count). The van der Waals surface area contributed by atoms with Gasteiger partial charge in [0.15, 0.2) is 6.29 Å². The summed E-state index contributed by atoms with van der Waals surface area (Å²) >= 11 is 0. The summed E-state index contributed by atoms with van der Waals surface area (Å²) in [6.45, 7) is 3.47. The fraction of sp³-hybridized carbons (Fsp3) is 0.775. The highest BCUT2D eigenvalue weighted by atomic mass is 16.7. The molecule has 1 fully saturated rings. The third-order valence-electron chi connectivity index (χ3n) is 8.96. The van der Waals surface area contributed by atoms with Crippen LogP contribution < -0.4 is 5.32 Å². The van der Waals surface area contributed by atoms with Gasteiger partial charge in [-0.1, -0.05) is 120 Å². The number of amides is 1. The van der Waals surface area contributed by atoms with Crippen molar-refractivity contribution in [2.45, 2.75) is 185 Å². The van der Waals surface area contributed by atoms with Crippen LogP contribution in [0.2, 0.25) is 0 Å². The molecule has 10 heteroatoms. The van der Waals surface area contributed by atoms with E-state index in [1.54, 1.807) is 6.08 Å². The summed E-state index contributed by atoms with van der Waals surface area (Å²) < 4.78 is 11.0. The second kappa shape index (κ2) is 30.7. The maximum Gasteiger partial charge on any atom is 0.249 e. The van der Waals surface area contributed by atoms with E-state index < -0.39 is 61.5 Å². The van der Waals surface area contributed by atoms with Gasteiger partial charge in [-0.2, -0.15) is 0 Å². The van der Waals surface area contributed by atoms with Gasteiger partial charge in [-0.05, 0) is 64.2 Å². The van der Waals surface area contributed by atoms with E-state index >= 15 is 0 Å². The van der Waals surface area contributed by atoms with Crippen LogP contribution in [0.1, 0.15) is 136 Å². The predicted molar refractivity (Wildman–Crippen MR) is 199 cm³/mol. The second-order valence-electron chi connectivity index (χ2n) is 13.5. The number of unbranched alkanes of at least 4 members (excludes halogenated alkanes) is 13. The lowest BCUT2D eigenvalue weighted by atomic mass is 9.99. The van der Waals surface area contributed by atoms with Crippen LogP contribution >= 0.6 is 0 Å². The zero-order chi connectivity index (χ0) is 36.8. The standard InChI is InChI=1S/C40H71NO9/c1-3-5-7-9-11-13-15-16-17-18-19-21-22-24-26-28-33(43)32(31-49-40-38(47)37(46)36(45)35(30-42)50-40)41-39(48)34(44)29-27-25-23-20-14-12-10-8-6-4-2/h10,12,15-16,19,21,26,28,32-38,40,42-47H,3-9,11,13-14,17-18,20,22-25,27,29-31H2,1-2H3,(H,41,48)/b12-10-,16-15+,21-19+,28-26+. The first-order chi connectivity index (χ1) is 24.3. The molecule has 1 heterocycles. The van der Waals surface area contributed by atoms with E-state index in [1.165, 1.54) is 44.9 Å². The van der Waals surface area contributed by atoms with Crippen molar-refractivity contribution in [1.82, 2.24) is 5.32 Å². The van der Waals surface area contributed by atoms with Gasteiger partial charge in [0.05, 0.1) is 25.4 Å². The monoisotopic (exact) mass is 710 g/mol. The van der Waals surface area contributed by atoms with Crippen molar-refractivity contribution in [2.75, 3.05) is 13.2 Å². The average Bonchev–Trinajstić information content (AvgIpc) is 3.11. The third kappa shape index (κ3) is 21.5. The van der Waals surface area contributed by atoms with Crippen molar-refractivity contribution in [2.24, 2.45) is 0 Å². The van der Waals surface area contributed by atoms with Gasteiger partial charge in [0.1, 0.15) is 30.5 Å². The highest BCUT2D eigenvalue weighted by Gasteiger charge is 2.44. The third-order valence-corrected chi connectivity index (χ3v) is 8.96. The fourth-order valence-corrected chi connectivity index (χ4v) is 5.64. The molecule has 7 N–H and O–H groups in total. The number of aliphatic hydroxyl groups excluding tert-OH is 6. The van der Waals surface area contributed by atoms with Gasteiger partial charge in [0.2, 0.25) is 5.91 Å². The first-order valence-electron chi connectivity index (χ1n) is 19.5. The minimum absolute atomic E-state index is 0.283. The Balaban J connectivity index is 2.58. The van der Waals surface area contributed by atoms with Crippen molar-refractivity contribution >= 4 is 5.91 Å². The van der Waals surface area contributed by atoms with Crippen LogP contribution in [0.5, 0.6) is 0 Å². The highest BCUT2D eigenvalue weighted by Crippen LogP contribution is 2.22. The number of hydrogen-bond donors (Lipinski definition) is 7. The molecule has 0 bridgehead atoms. The summed E-state index contributed by atoms with van der Waals surface area (Å²) in [5, 5.41) is 64.2. The summed E-state index contributed by atoms with van der Waals surface area (Å²) in [7, 11) is 0. The number of allylic oxidation sites excluding steroid dienone is 7. The molecule has 50 heavy (non-hydrogen) atoms. The number of aliphatic hydroxyl groups is 6. The Hall–Kier alpha value is -1.89. The van der Waals surface area contributed by atoms with Crippen molar-refractivity contribution in [1.29, 1.82) is 0 Å². The molecule has 0 aromatic heterocycles. The minimum Gasteiger partial charge on any atom is -0.394 e. The Labute approximate surface area is 302 Å². The SMILES string of the molecule is CCCC/C=C\CCCCCCC(O)C(=O)NC(COC1OC(CO)C(O)C(O)C1O)C(O)/C=C/CC/C=C/CC/C=C/CCCCCCC. The Morgan fingerprint density at radius 2 is 1.20 bits per heavy atom. The van der Waals surface area contributed by atoms with Crippen LogP contribution in [0, 0.1) is 0 Å². The number of rotatable bonds is 30. The fourth-order valence-electron chi connectivity index (χ4n) is 5.64. The molecule has 8 atom stereocenters. The lowest BCUT2D eigenvalue weighted by Crippen LogP contribution is -2.60. The first kappa shape index (κ1) is 46.1. The molecule has 1 aliphatic rings. The van der Waals surface area contributed by atoms with Crippen molar-refractivity contribution in [3.05, 3.63) is 48.6 Å². The van der Waals surface area contributed by atoms with Crippen molar-refractivity contribution < 1.29 is 44.9 Å². The van der Waals surface area contributed by atoms with Gasteiger partial charge in [-0.15, -0.1) is 0 Å². The molecular weight excluding hydrogens is 638 g/mol. The number of carbonyl (C=O) groups excluding carboxylic acids is 1. The van der Waals surface area contributed by atoms with Gasteiger partial charge in [0.25, 0.3) is 0 Å². The summed E-state index contributed by atoms with van der Waals surface area (Å²) in [4.78, 5) is 12.9. The molecular formula is C40H71NO9. The van der Waals surface area contributed by atoms with Gasteiger partial charge < -0.3 is 45.4 Å². The van der Waals surface area contributed by atoms with Gasteiger partial charge >= 0.3 is 0 Å². The molecule has 1 amide bonds. The minimum atomic E-state index is -1.62. The Kier molecular flexibility index (Phi) is 28.3. The Morgan fingerprint density at radius 3 is 1.78 bits per heavy atom. The number of nitrogens with one attached hydrogen (secondary N) is 1. The average molecular weight is 710 g/mol. The highest BCUT2D eigenvalue weighted by molar-refractivity contribution is 5.80. The summed E-state index contributed by atoms with van der Waals surface area (Å²) in [5.74, 6) is -0.646. The predicted octanol–water partition coefficient (Wildman–Crippen LogP) is 5.69. The lowest BCUT2D eigenvalue weighted by molar-refractivity contribution is -0.302. The Bertz CT molecular complexity index is 938. The maximum absolute atomic E-state index is 12.9. The van der Waals surface area contributed by atoms with Gasteiger partial charge in [-0.3, -0.25) is 4.79 Å². The van der Waals surface area contributed by atoms with Crippen LogP contribution in [-0.2, 0) is 14.3 Å². The van der Waals surface area contributed by atoms with E-state index in [-0.39, 0.29) is 13.0 Å². The number of ether oxygens (including phenoxy) is 2. The van der Waals surface area contributed by atoms with Gasteiger partial charge in [-0.25, -0.2) is 0 Å². The molecule has 290 valence electrons. The van der Waals surface area contributed by atoms with E-state index in [0.717, 1.165) is 57.8 Å². The van der Waals surface area contributed by atoms with Crippen LogP contribution in [0.25, 0.3) is 0 Å². The van der Waals surface area contributed by atoms with Crippen molar-refractivity contribution in [3.63, 3.8) is 0 Å². The molecule has 0 radical (unpaired) electrons. The zero-order valence-electron chi connectivity index (χ0n) is 31.0. The molecule has 0 aromatic carbocycles. The van der Waals surface area contributed by atoms with E-state index in [1.807, 2.05) is 6.08 Å². The van der Waals surface area contributed by atoms with E-state index in [2.05, 4.69) is 55.6 Å². The molecule has 1 aliphatic heterocycles. The van der Waals surface area contributed by atoms with E-state index in [9.17, 15) is 35.4 Å². The maximum atomic E-state index is 12.9. The molecule has 0 spiro atoms. The molecule has 8 unspecified atom stereocenters. The van der Waals surface area contributed by atoms with Crippen LogP contribution in [0.4, 0.5) is 0 Å². The summed E-state index contributed by atoms with van der Waals surface area (Å²) in [5.41, 5.74) is 0. The lowest BCUT2D eigenvalue weighted by Gasteiger charge is -2.40. The largest absolute Gasteiger partial charge is 0.394 e. The van der Waals surface area contributed by atoms with Crippen LogP contribution in [0.3, 0.4) is 0 Å². The summed E-state index contributed by atoms with van der Waals surface area (Å²) in [6.07, 6.45) is 26.4. The smallest absolute Gasteiger partial charge is 0.249 e. The van der Waals surface area contributed by atoms with Crippen molar-refractivity contribution in [3.8, 4) is 0 Å². The Morgan fingerprint density at radius 1 is 0.680 bits per heavy atom. The molecule has 10 nitrogen and oxygen atoms in total. The van der Waals surface area contributed by atoms with Gasteiger partial charge in [0, 0.05) is 0 Å². The zero-order valence-corrected chi connectivity index (χ0v) is 31.0. The van der Waals surface area contributed by atoms with Crippen LogP contribution in [0.15, 0.2) is 48.6 Å². The second-order valence-corrected chi connectivity index (χ2v) is 13.5. The number of carbonyl (C=O) groups is 1. The molecule has 0 aliphatic carbocycles. The molecule has 1 saturated heterocycles. The summed E-state index contributed by atoms with van der Waals surface area (Å²) in [6, 6.07) is -1.01. The first-order valence-corrected chi connectivity index (χ1v) is 19.5. The molecule has 0 saturated carbocycles. The van der Waals surface area contributed by atoms with Crippen LogP contribution in [-0.4, -0.2) is 98.7 Å². The molecule has 0 aromatic rings.